The molecule has 1 atom stereocenters. The molecule has 20 heavy (non-hydrogen) atoms. The van der Waals surface area contributed by atoms with E-state index in [1.54, 1.807) is 0 Å². The number of hydrogen-bond acceptors (Lipinski definition) is 2. The topological polar surface area (TPSA) is 25.2 Å². The van der Waals surface area contributed by atoms with Gasteiger partial charge in [-0.3, -0.25) is 0 Å². The second kappa shape index (κ2) is 5.43. The highest BCUT2D eigenvalue weighted by Gasteiger charge is 2.12. The molecule has 102 valence electrons. The number of halogens is 1. The normalized spacial score (nSPS) is 12.8. The molecule has 1 unspecified atom stereocenters. The molecule has 2 nitrogen and oxygen atoms in total. The van der Waals surface area contributed by atoms with E-state index in [-0.39, 0.29) is 6.04 Å². The van der Waals surface area contributed by atoms with Crippen molar-refractivity contribution in [3.63, 3.8) is 0 Å². The van der Waals surface area contributed by atoms with Gasteiger partial charge in [-0.25, -0.2) is 0 Å². The highest BCUT2D eigenvalue weighted by molar-refractivity contribution is 9.10. The van der Waals surface area contributed by atoms with Crippen molar-refractivity contribution in [3.05, 3.63) is 58.8 Å². The molecule has 0 aliphatic heterocycles. The predicted octanol–water partition coefficient (Wildman–Crippen LogP) is 5.14. The molecular weight excluding hydrogens is 314 g/mol. The standard InChI is InChI=1S/C17H16BrNO/c1-11(19-2)16-9-10-17(20-16)14-7-8-15(18)13-6-4-3-5-12(13)14/h3-11,19H,1-2H3. The molecule has 0 amide bonds. The molecule has 3 rings (SSSR count). The van der Waals surface area contributed by atoms with E-state index in [1.165, 1.54) is 10.8 Å². The number of benzene rings is 2. The van der Waals surface area contributed by atoms with E-state index in [0.717, 1.165) is 21.6 Å². The average Bonchev–Trinajstić information content (AvgIpc) is 2.97. The van der Waals surface area contributed by atoms with Crippen molar-refractivity contribution in [3.8, 4) is 11.3 Å². The first-order chi connectivity index (χ1) is 9.70. The lowest BCUT2D eigenvalue weighted by molar-refractivity contribution is 0.458. The predicted molar refractivity (Wildman–Crippen MR) is 86.8 cm³/mol. The molecule has 1 heterocycles. The van der Waals surface area contributed by atoms with Crippen LogP contribution in [-0.4, -0.2) is 7.05 Å². The minimum absolute atomic E-state index is 0.213. The minimum atomic E-state index is 0.213. The van der Waals surface area contributed by atoms with Crippen LogP contribution in [0.15, 0.2) is 57.4 Å². The van der Waals surface area contributed by atoms with Gasteiger partial charge in [0, 0.05) is 10.0 Å². The van der Waals surface area contributed by atoms with Crippen LogP contribution >= 0.6 is 15.9 Å². The van der Waals surface area contributed by atoms with Gasteiger partial charge in [0.05, 0.1) is 6.04 Å². The lowest BCUT2D eigenvalue weighted by Crippen LogP contribution is -2.10. The first-order valence-electron chi connectivity index (χ1n) is 6.65. The quantitative estimate of drug-likeness (QED) is 0.719. The first-order valence-corrected chi connectivity index (χ1v) is 7.44. The Morgan fingerprint density at radius 1 is 1.00 bits per heavy atom. The van der Waals surface area contributed by atoms with E-state index in [4.69, 9.17) is 4.42 Å². The molecule has 0 saturated heterocycles. The van der Waals surface area contributed by atoms with Gasteiger partial charge < -0.3 is 9.73 Å². The number of rotatable bonds is 3. The van der Waals surface area contributed by atoms with Crippen LogP contribution in [-0.2, 0) is 0 Å². The van der Waals surface area contributed by atoms with Gasteiger partial charge in [0.25, 0.3) is 0 Å². The van der Waals surface area contributed by atoms with Crippen molar-refractivity contribution in [2.24, 2.45) is 0 Å². The molecule has 0 radical (unpaired) electrons. The molecule has 3 heteroatoms. The third kappa shape index (κ3) is 2.28. The molecule has 2 aromatic carbocycles. The SMILES string of the molecule is CNC(C)c1ccc(-c2ccc(Br)c3ccccc23)o1. The average molecular weight is 330 g/mol. The van der Waals surface area contributed by atoms with Gasteiger partial charge in [0.15, 0.2) is 0 Å². The lowest BCUT2D eigenvalue weighted by atomic mass is 10.0. The van der Waals surface area contributed by atoms with Gasteiger partial charge in [0.1, 0.15) is 11.5 Å². The van der Waals surface area contributed by atoms with Crippen molar-refractivity contribution in [1.82, 2.24) is 5.32 Å². The summed E-state index contributed by atoms with van der Waals surface area (Å²) in [5.74, 6) is 1.86. The van der Waals surface area contributed by atoms with Crippen molar-refractivity contribution < 1.29 is 4.42 Å². The van der Waals surface area contributed by atoms with Gasteiger partial charge in [-0.2, -0.15) is 0 Å². The Kier molecular flexibility index (Phi) is 3.64. The van der Waals surface area contributed by atoms with E-state index >= 15 is 0 Å². The second-order valence-electron chi connectivity index (χ2n) is 4.85. The number of fused-ring (bicyclic) bond motifs is 1. The maximum Gasteiger partial charge on any atom is 0.134 e. The summed E-state index contributed by atoms with van der Waals surface area (Å²) < 4.78 is 7.10. The van der Waals surface area contributed by atoms with Gasteiger partial charge >= 0.3 is 0 Å². The van der Waals surface area contributed by atoms with E-state index in [2.05, 4.69) is 58.5 Å². The van der Waals surface area contributed by atoms with Gasteiger partial charge in [0.2, 0.25) is 0 Å². The van der Waals surface area contributed by atoms with Crippen LogP contribution in [0.3, 0.4) is 0 Å². The molecule has 1 aromatic heterocycles. The Labute approximate surface area is 126 Å². The van der Waals surface area contributed by atoms with Crippen molar-refractivity contribution in [2.75, 3.05) is 7.05 Å². The summed E-state index contributed by atoms with van der Waals surface area (Å²) in [6.07, 6.45) is 0. The summed E-state index contributed by atoms with van der Waals surface area (Å²) in [4.78, 5) is 0. The Bertz CT molecular complexity index is 748. The highest BCUT2D eigenvalue weighted by Crippen LogP contribution is 2.34. The number of hydrogen-bond donors (Lipinski definition) is 1. The summed E-state index contributed by atoms with van der Waals surface area (Å²) in [5.41, 5.74) is 1.12. The zero-order valence-electron chi connectivity index (χ0n) is 11.5. The third-order valence-electron chi connectivity index (χ3n) is 3.62. The molecule has 0 saturated carbocycles. The number of nitrogens with one attached hydrogen (secondary N) is 1. The fraction of sp³-hybridized carbons (Fsp3) is 0.176. The Morgan fingerprint density at radius 2 is 1.75 bits per heavy atom. The molecule has 0 fully saturated rings. The molecule has 1 N–H and O–H groups in total. The maximum absolute atomic E-state index is 5.99. The molecule has 0 aliphatic rings. The smallest absolute Gasteiger partial charge is 0.134 e. The first kappa shape index (κ1) is 13.4. The molecule has 0 bridgehead atoms. The zero-order valence-corrected chi connectivity index (χ0v) is 13.1. The Hall–Kier alpha value is -1.58. The molecule has 3 aromatic rings. The largest absolute Gasteiger partial charge is 0.459 e. The van der Waals surface area contributed by atoms with Crippen LogP contribution < -0.4 is 5.32 Å². The third-order valence-corrected chi connectivity index (χ3v) is 4.31. The van der Waals surface area contributed by atoms with Crippen molar-refractivity contribution >= 4 is 26.7 Å². The monoisotopic (exact) mass is 329 g/mol. The van der Waals surface area contributed by atoms with Crippen LogP contribution in [0, 0.1) is 0 Å². The van der Waals surface area contributed by atoms with Gasteiger partial charge in [-0.05, 0) is 49.0 Å². The highest BCUT2D eigenvalue weighted by atomic mass is 79.9. The number of furan rings is 1. The van der Waals surface area contributed by atoms with E-state index in [1.807, 2.05) is 25.2 Å². The van der Waals surface area contributed by atoms with Crippen LogP contribution in [0.4, 0.5) is 0 Å². The summed E-state index contributed by atoms with van der Waals surface area (Å²) in [6, 6.07) is 16.8. The Morgan fingerprint density at radius 3 is 2.50 bits per heavy atom. The minimum Gasteiger partial charge on any atom is -0.459 e. The van der Waals surface area contributed by atoms with Crippen molar-refractivity contribution in [2.45, 2.75) is 13.0 Å². The fourth-order valence-corrected chi connectivity index (χ4v) is 2.83. The molecule has 0 spiro atoms. The summed E-state index contributed by atoms with van der Waals surface area (Å²) in [5, 5.41) is 5.58. The van der Waals surface area contributed by atoms with E-state index < -0.39 is 0 Å². The van der Waals surface area contributed by atoms with E-state index in [9.17, 15) is 0 Å². The fourth-order valence-electron chi connectivity index (χ4n) is 2.35. The summed E-state index contributed by atoms with van der Waals surface area (Å²) in [6.45, 7) is 2.09. The van der Waals surface area contributed by atoms with Gasteiger partial charge in [-0.1, -0.05) is 40.2 Å². The van der Waals surface area contributed by atoms with Crippen LogP contribution in [0.25, 0.3) is 22.1 Å². The van der Waals surface area contributed by atoms with E-state index in [0.29, 0.717) is 0 Å². The van der Waals surface area contributed by atoms with Crippen LogP contribution in [0.1, 0.15) is 18.7 Å². The maximum atomic E-state index is 5.99. The summed E-state index contributed by atoms with van der Waals surface area (Å²) >= 11 is 3.60. The van der Waals surface area contributed by atoms with Crippen molar-refractivity contribution in [1.29, 1.82) is 0 Å². The Balaban J connectivity index is 2.15. The van der Waals surface area contributed by atoms with Crippen LogP contribution in [0.5, 0.6) is 0 Å². The zero-order chi connectivity index (χ0) is 14.1. The van der Waals surface area contributed by atoms with Gasteiger partial charge in [-0.15, -0.1) is 0 Å². The van der Waals surface area contributed by atoms with Crippen LogP contribution in [0.2, 0.25) is 0 Å². The molecule has 0 aliphatic carbocycles. The molecular formula is C17H16BrNO. The second-order valence-corrected chi connectivity index (χ2v) is 5.71. The lowest BCUT2D eigenvalue weighted by Gasteiger charge is -2.08. The summed E-state index contributed by atoms with van der Waals surface area (Å²) in [7, 11) is 1.93.